The van der Waals surface area contributed by atoms with E-state index < -0.39 is 8.32 Å². The van der Waals surface area contributed by atoms with E-state index >= 15 is 0 Å². The highest BCUT2D eigenvalue weighted by Crippen LogP contribution is 2.37. The summed E-state index contributed by atoms with van der Waals surface area (Å²) in [7, 11) is -2.47. The Bertz CT molecular complexity index is 704. The zero-order valence-corrected chi connectivity index (χ0v) is 15.5. The third kappa shape index (κ3) is 3.10. The molecule has 2 aromatic carbocycles. The average Bonchev–Trinajstić information content (AvgIpc) is 3.10. The molecular formula is C21H24O2Si. The first kappa shape index (κ1) is 16.7. The molecule has 0 bridgehead atoms. The van der Waals surface area contributed by atoms with Gasteiger partial charge in [0, 0.05) is 0 Å². The van der Waals surface area contributed by atoms with E-state index in [1.807, 2.05) is 12.1 Å². The second-order valence-corrected chi connectivity index (χ2v) is 11.3. The molecule has 0 amide bonds. The Balaban J connectivity index is 2.13. The molecular weight excluding hydrogens is 312 g/mol. The maximum atomic E-state index is 6.76. The van der Waals surface area contributed by atoms with Crippen molar-refractivity contribution < 1.29 is 8.84 Å². The summed E-state index contributed by atoms with van der Waals surface area (Å²) < 4.78 is 12.3. The Morgan fingerprint density at radius 3 is 1.75 bits per heavy atom. The quantitative estimate of drug-likeness (QED) is 0.646. The van der Waals surface area contributed by atoms with Crippen LogP contribution in [-0.2, 0) is 11.0 Å². The molecule has 0 saturated heterocycles. The lowest BCUT2D eigenvalue weighted by Gasteiger charge is -2.42. The number of rotatable bonds is 5. The summed E-state index contributed by atoms with van der Waals surface area (Å²) in [5, 5.41) is 2.56. The van der Waals surface area contributed by atoms with Gasteiger partial charge in [-0.05, 0) is 27.5 Å². The molecule has 0 atom stereocenters. The summed E-state index contributed by atoms with van der Waals surface area (Å²) >= 11 is 0. The molecule has 3 heteroatoms. The number of hydrogen-bond donors (Lipinski definition) is 0. The number of furan rings is 1. The summed E-state index contributed by atoms with van der Waals surface area (Å²) in [5.74, 6) is 0.864. The van der Waals surface area contributed by atoms with Crippen molar-refractivity contribution in [2.75, 3.05) is 0 Å². The van der Waals surface area contributed by atoms with E-state index in [0.717, 1.165) is 5.76 Å². The molecule has 0 spiro atoms. The summed E-state index contributed by atoms with van der Waals surface area (Å²) in [4.78, 5) is 0. The molecule has 124 valence electrons. The van der Waals surface area contributed by atoms with Crippen LogP contribution in [0.5, 0.6) is 0 Å². The predicted octanol–water partition coefficient (Wildman–Crippen LogP) is 4.36. The van der Waals surface area contributed by atoms with Crippen molar-refractivity contribution in [2.45, 2.75) is 32.4 Å². The number of hydrogen-bond acceptors (Lipinski definition) is 2. The minimum absolute atomic E-state index is 0.0116. The molecule has 2 nitrogen and oxygen atoms in total. The molecule has 0 N–H and O–H groups in total. The molecule has 0 aliphatic rings. The van der Waals surface area contributed by atoms with Gasteiger partial charge in [0.25, 0.3) is 8.32 Å². The predicted molar refractivity (Wildman–Crippen MR) is 101 cm³/mol. The van der Waals surface area contributed by atoms with E-state index in [0.29, 0.717) is 6.61 Å². The van der Waals surface area contributed by atoms with Gasteiger partial charge in [0.1, 0.15) is 5.76 Å². The smallest absolute Gasteiger partial charge is 0.261 e. The van der Waals surface area contributed by atoms with Crippen LogP contribution in [0, 0.1) is 0 Å². The van der Waals surface area contributed by atoms with Gasteiger partial charge in [-0.3, -0.25) is 0 Å². The fraction of sp³-hybridized carbons (Fsp3) is 0.238. The fourth-order valence-electron chi connectivity index (χ4n) is 3.34. The van der Waals surface area contributed by atoms with Crippen LogP contribution in [0.25, 0.3) is 0 Å². The van der Waals surface area contributed by atoms with Crippen LogP contribution in [0.15, 0.2) is 83.5 Å². The standard InChI is InChI=1S/C21H24O2Si/c1-21(2,3)24(19-12-6-4-7-13-19,20-14-8-5-9-15-20)23-17-18-11-10-16-22-18/h4-16H,17H2,1-3H3. The summed E-state index contributed by atoms with van der Waals surface area (Å²) in [6.45, 7) is 7.32. The van der Waals surface area contributed by atoms with Crippen LogP contribution in [0.2, 0.25) is 5.04 Å². The van der Waals surface area contributed by atoms with E-state index in [9.17, 15) is 0 Å². The molecule has 1 heterocycles. The normalized spacial score (nSPS) is 12.3. The Kier molecular flexibility index (Phi) is 4.74. The van der Waals surface area contributed by atoms with E-state index in [2.05, 4.69) is 81.4 Å². The molecule has 0 aliphatic carbocycles. The van der Waals surface area contributed by atoms with Crippen molar-refractivity contribution in [3.05, 3.63) is 84.8 Å². The van der Waals surface area contributed by atoms with Gasteiger partial charge in [-0.1, -0.05) is 81.4 Å². The van der Waals surface area contributed by atoms with Crippen molar-refractivity contribution in [1.82, 2.24) is 0 Å². The van der Waals surface area contributed by atoms with Crippen LogP contribution in [0.4, 0.5) is 0 Å². The van der Waals surface area contributed by atoms with Gasteiger partial charge in [0.2, 0.25) is 0 Å². The van der Waals surface area contributed by atoms with Gasteiger partial charge in [-0.2, -0.15) is 0 Å². The van der Waals surface area contributed by atoms with Crippen molar-refractivity contribution >= 4 is 18.7 Å². The number of benzene rings is 2. The van der Waals surface area contributed by atoms with Gasteiger partial charge in [0.15, 0.2) is 0 Å². The average molecular weight is 337 g/mol. The topological polar surface area (TPSA) is 22.4 Å². The monoisotopic (exact) mass is 336 g/mol. The summed E-state index contributed by atoms with van der Waals surface area (Å²) in [6.07, 6.45) is 1.70. The van der Waals surface area contributed by atoms with Crippen molar-refractivity contribution in [3.63, 3.8) is 0 Å². The Morgan fingerprint density at radius 1 is 0.792 bits per heavy atom. The Labute approximate surface area is 145 Å². The first-order valence-electron chi connectivity index (χ1n) is 8.31. The fourth-order valence-corrected chi connectivity index (χ4v) is 7.85. The summed E-state index contributed by atoms with van der Waals surface area (Å²) in [6, 6.07) is 25.2. The lowest BCUT2D eigenvalue weighted by molar-refractivity contribution is 0.254. The first-order valence-corrected chi connectivity index (χ1v) is 10.2. The van der Waals surface area contributed by atoms with Crippen LogP contribution in [-0.4, -0.2) is 8.32 Å². The van der Waals surface area contributed by atoms with E-state index in [4.69, 9.17) is 8.84 Å². The SMILES string of the molecule is CC(C)(C)[Si](OCc1ccco1)(c1ccccc1)c1ccccc1. The minimum atomic E-state index is -2.47. The molecule has 24 heavy (non-hydrogen) atoms. The zero-order chi connectivity index (χ0) is 17.0. The lowest BCUT2D eigenvalue weighted by Crippen LogP contribution is -2.66. The second kappa shape index (κ2) is 6.79. The van der Waals surface area contributed by atoms with E-state index in [-0.39, 0.29) is 5.04 Å². The maximum absolute atomic E-state index is 6.76. The third-order valence-corrected chi connectivity index (χ3v) is 9.41. The highest BCUT2D eigenvalue weighted by atomic mass is 28.4. The van der Waals surface area contributed by atoms with Gasteiger partial charge in [0.05, 0.1) is 12.9 Å². The highest BCUT2D eigenvalue weighted by molar-refractivity contribution is 6.99. The highest BCUT2D eigenvalue weighted by Gasteiger charge is 2.50. The van der Waals surface area contributed by atoms with Gasteiger partial charge >= 0.3 is 0 Å². The van der Waals surface area contributed by atoms with Crippen LogP contribution in [0.1, 0.15) is 26.5 Å². The van der Waals surface area contributed by atoms with E-state index in [1.54, 1.807) is 6.26 Å². The largest absolute Gasteiger partial charge is 0.467 e. The molecule has 3 aromatic rings. The van der Waals surface area contributed by atoms with Gasteiger partial charge in [-0.15, -0.1) is 0 Å². The van der Waals surface area contributed by atoms with Crippen molar-refractivity contribution in [3.8, 4) is 0 Å². The molecule has 3 rings (SSSR count). The molecule has 0 saturated carbocycles. The van der Waals surface area contributed by atoms with Gasteiger partial charge in [-0.25, -0.2) is 0 Å². The molecule has 0 aliphatic heterocycles. The van der Waals surface area contributed by atoms with Crippen LogP contribution >= 0.6 is 0 Å². The molecule has 0 fully saturated rings. The Hall–Kier alpha value is -2.10. The Morgan fingerprint density at radius 2 is 1.33 bits per heavy atom. The minimum Gasteiger partial charge on any atom is -0.467 e. The van der Waals surface area contributed by atoms with Crippen molar-refractivity contribution in [2.24, 2.45) is 0 Å². The van der Waals surface area contributed by atoms with Crippen LogP contribution < -0.4 is 10.4 Å². The zero-order valence-electron chi connectivity index (χ0n) is 14.5. The van der Waals surface area contributed by atoms with E-state index in [1.165, 1.54) is 10.4 Å². The second-order valence-electron chi connectivity index (χ2n) is 7.03. The van der Waals surface area contributed by atoms with Gasteiger partial charge < -0.3 is 8.84 Å². The summed E-state index contributed by atoms with van der Waals surface area (Å²) in [5.41, 5.74) is 0. The third-order valence-electron chi connectivity index (χ3n) is 4.43. The molecule has 0 radical (unpaired) electrons. The maximum Gasteiger partial charge on any atom is 0.261 e. The molecule has 1 aromatic heterocycles. The van der Waals surface area contributed by atoms with Crippen molar-refractivity contribution in [1.29, 1.82) is 0 Å². The lowest BCUT2D eigenvalue weighted by atomic mass is 10.2. The molecule has 0 unspecified atom stereocenters. The first-order chi connectivity index (χ1) is 11.5. The van der Waals surface area contributed by atoms with Crippen LogP contribution in [0.3, 0.4) is 0 Å².